The molecule has 126 valence electrons. The van der Waals surface area contributed by atoms with Gasteiger partial charge in [0.1, 0.15) is 5.75 Å². The lowest BCUT2D eigenvalue weighted by atomic mass is 9.92. The Morgan fingerprint density at radius 3 is 2.62 bits per heavy atom. The number of nitrogens with zero attached hydrogens (tertiary/aromatic N) is 2. The first-order valence-corrected chi connectivity index (χ1v) is 7.96. The van der Waals surface area contributed by atoms with Gasteiger partial charge in [0.15, 0.2) is 5.72 Å². The Morgan fingerprint density at radius 1 is 1.12 bits per heavy atom. The zero-order valence-electron chi connectivity index (χ0n) is 13.6. The Bertz CT molecular complexity index is 707. The quantitative estimate of drug-likeness (QED) is 0.616. The highest BCUT2D eigenvalue weighted by Gasteiger charge is 2.43. The fourth-order valence-electron chi connectivity index (χ4n) is 3.13. The van der Waals surface area contributed by atoms with Crippen LogP contribution in [0.15, 0.2) is 54.6 Å². The second-order valence-corrected chi connectivity index (χ2v) is 5.76. The van der Waals surface area contributed by atoms with E-state index >= 15 is 0 Å². The molecule has 6 nitrogen and oxygen atoms in total. The number of hydroxylamine groups is 2. The first-order valence-electron chi connectivity index (χ1n) is 7.96. The fourth-order valence-corrected chi connectivity index (χ4v) is 3.13. The minimum absolute atomic E-state index is 0.0501. The summed E-state index contributed by atoms with van der Waals surface area (Å²) in [5.41, 5.74) is -0.0517. The average molecular weight is 328 g/mol. The van der Waals surface area contributed by atoms with Crippen molar-refractivity contribution in [3.8, 4) is 5.75 Å². The zero-order chi connectivity index (χ0) is 17.0. The lowest BCUT2D eigenvalue weighted by Gasteiger charge is -2.44. The van der Waals surface area contributed by atoms with Crippen LogP contribution in [0.4, 0.5) is 5.69 Å². The van der Waals surface area contributed by atoms with E-state index in [1.807, 2.05) is 36.4 Å². The molecular formula is C18H20N2O4. The summed E-state index contributed by atoms with van der Waals surface area (Å²) in [7, 11) is 1.62. The van der Waals surface area contributed by atoms with Crippen molar-refractivity contribution < 1.29 is 14.5 Å². The molecule has 2 aromatic rings. The van der Waals surface area contributed by atoms with Crippen molar-refractivity contribution in [1.29, 1.82) is 0 Å². The van der Waals surface area contributed by atoms with Crippen LogP contribution in [0.2, 0.25) is 0 Å². The molecule has 0 aromatic heterocycles. The fraction of sp³-hybridized carbons (Fsp3) is 0.333. The van der Waals surface area contributed by atoms with Crippen LogP contribution >= 0.6 is 0 Å². The summed E-state index contributed by atoms with van der Waals surface area (Å²) in [5, 5.41) is 12.9. The van der Waals surface area contributed by atoms with E-state index in [2.05, 4.69) is 0 Å². The lowest BCUT2D eigenvalue weighted by Crippen LogP contribution is -2.52. The molecule has 0 N–H and O–H groups in total. The number of rotatable bonds is 5. The number of benzene rings is 2. The molecule has 0 saturated carbocycles. The zero-order valence-corrected chi connectivity index (χ0v) is 13.6. The van der Waals surface area contributed by atoms with Gasteiger partial charge in [0, 0.05) is 31.4 Å². The molecule has 3 rings (SSSR count). The minimum atomic E-state index is -0.833. The number of hydrogen-bond acceptors (Lipinski definition) is 5. The molecule has 0 spiro atoms. The highest BCUT2D eigenvalue weighted by molar-refractivity contribution is 5.37. The summed E-state index contributed by atoms with van der Waals surface area (Å²) < 4.78 is 5.86. The highest BCUT2D eigenvalue weighted by Crippen LogP contribution is 2.39. The van der Waals surface area contributed by atoms with Gasteiger partial charge in [-0.05, 0) is 31.4 Å². The number of piperidine rings is 1. The molecule has 1 heterocycles. The van der Waals surface area contributed by atoms with E-state index in [0.29, 0.717) is 18.7 Å². The molecule has 1 atom stereocenters. The van der Waals surface area contributed by atoms with Gasteiger partial charge in [0.2, 0.25) is 0 Å². The number of non-ortho nitro benzene ring substituents is 1. The molecule has 0 bridgehead atoms. The van der Waals surface area contributed by atoms with E-state index in [1.54, 1.807) is 24.3 Å². The second-order valence-electron chi connectivity index (χ2n) is 5.76. The van der Waals surface area contributed by atoms with Crippen LogP contribution in [0.1, 0.15) is 24.8 Å². The molecule has 1 unspecified atom stereocenters. The minimum Gasteiger partial charge on any atom is -0.403 e. The van der Waals surface area contributed by atoms with Crippen LogP contribution in [0.3, 0.4) is 0 Å². The maximum atomic E-state index is 11.1. The molecular weight excluding hydrogens is 308 g/mol. The number of methoxy groups -OCH3 is 1. The molecule has 24 heavy (non-hydrogen) atoms. The smallest absolute Gasteiger partial charge is 0.269 e. The number of ether oxygens (including phenoxy) is 1. The van der Waals surface area contributed by atoms with Gasteiger partial charge < -0.3 is 9.57 Å². The van der Waals surface area contributed by atoms with Gasteiger partial charge in [-0.2, -0.15) is 0 Å². The second kappa shape index (κ2) is 6.98. The van der Waals surface area contributed by atoms with Gasteiger partial charge in [-0.25, -0.2) is 0 Å². The number of nitro benzene ring substituents is 1. The Morgan fingerprint density at radius 2 is 1.92 bits per heavy atom. The SMILES string of the molecule is COC1(c2cccc([N+](=O)[O-])c2)CCCCN1Oc1ccccc1. The first kappa shape index (κ1) is 16.4. The Hall–Kier alpha value is -2.44. The molecule has 1 saturated heterocycles. The van der Waals surface area contributed by atoms with E-state index in [1.165, 1.54) is 6.07 Å². The Kier molecular flexibility index (Phi) is 4.78. The largest absolute Gasteiger partial charge is 0.403 e. The van der Waals surface area contributed by atoms with Crippen molar-refractivity contribution in [2.45, 2.75) is 25.0 Å². The Balaban J connectivity index is 1.98. The van der Waals surface area contributed by atoms with Crippen molar-refractivity contribution in [2.75, 3.05) is 13.7 Å². The predicted octanol–water partition coefficient (Wildman–Crippen LogP) is 3.87. The van der Waals surface area contributed by atoms with E-state index < -0.39 is 10.6 Å². The van der Waals surface area contributed by atoms with E-state index in [0.717, 1.165) is 18.4 Å². The number of nitro groups is 1. The number of hydrogen-bond donors (Lipinski definition) is 0. The van der Waals surface area contributed by atoms with Crippen LogP contribution in [0, 0.1) is 10.1 Å². The summed E-state index contributed by atoms with van der Waals surface area (Å²) in [6.45, 7) is 0.686. The average Bonchev–Trinajstić information content (AvgIpc) is 2.63. The van der Waals surface area contributed by atoms with Gasteiger partial charge in [0.05, 0.1) is 4.92 Å². The van der Waals surface area contributed by atoms with Crippen LogP contribution in [0.25, 0.3) is 0 Å². The molecule has 1 fully saturated rings. The van der Waals surface area contributed by atoms with Crippen molar-refractivity contribution in [2.24, 2.45) is 0 Å². The van der Waals surface area contributed by atoms with Crippen molar-refractivity contribution >= 4 is 5.69 Å². The first-order chi connectivity index (χ1) is 11.7. The maximum Gasteiger partial charge on any atom is 0.269 e. The summed E-state index contributed by atoms with van der Waals surface area (Å²) >= 11 is 0. The van der Waals surface area contributed by atoms with E-state index in [9.17, 15) is 10.1 Å². The lowest BCUT2D eigenvalue weighted by molar-refractivity contribution is -0.385. The van der Waals surface area contributed by atoms with Crippen molar-refractivity contribution in [3.63, 3.8) is 0 Å². The van der Waals surface area contributed by atoms with Crippen LogP contribution in [-0.2, 0) is 10.5 Å². The highest BCUT2D eigenvalue weighted by atomic mass is 16.7. The van der Waals surface area contributed by atoms with E-state index in [-0.39, 0.29) is 5.69 Å². The molecule has 2 aromatic carbocycles. The van der Waals surface area contributed by atoms with Crippen LogP contribution < -0.4 is 4.84 Å². The molecule has 1 aliphatic heterocycles. The Labute approximate surface area is 140 Å². The molecule has 0 aliphatic carbocycles. The van der Waals surface area contributed by atoms with Crippen molar-refractivity contribution in [1.82, 2.24) is 5.06 Å². The standard InChI is InChI=1S/C18H20N2O4/c1-23-18(15-8-7-9-16(14-15)20(21)22)12-5-6-13-19(18)24-17-10-3-2-4-11-17/h2-4,7-11,14H,5-6,12-13H2,1H3. The third-order valence-corrected chi connectivity index (χ3v) is 4.33. The summed E-state index contributed by atoms with van der Waals surface area (Å²) in [6.07, 6.45) is 2.65. The maximum absolute atomic E-state index is 11.1. The third kappa shape index (κ3) is 3.11. The topological polar surface area (TPSA) is 64.8 Å². The van der Waals surface area contributed by atoms with E-state index in [4.69, 9.17) is 9.57 Å². The normalized spacial score (nSPS) is 21.4. The third-order valence-electron chi connectivity index (χ3n) is 4.33. The van der Waals surface area contributed by atoms with Crippen molar-refractivity contribution in [3.05, 3.63) is 70.3 Å². The molecule has 6 heteroatoms. The summed E-state index contributed by atoms with van der Waals surface area (Å²) in [5.74, 6) is 0.714. The van der Waals surface area contributed by atoms with Gasteiger partial charge >= 0.3 is 0 Å². The summed E-state index contributed by atoms with van der Waals surface area (Å²) in [6, 6.07) is 16.1. The molecule has 1 aliphatic rings. The molecule has 0 amide bonds. The predicted molar refractivity (Wildman–Crippen MR) is 89.4 cm³/mol. The molecule has 0 radical (unpaired) electrons. The van der Waals surface area contributed by atoms with Crippen LogP contribution in [0.5, 0.6) is 5.75 Å². The van der Waals surface area contributed by atoms with Gasteiger partial charge in [-0.1, -0.05) is 30.3 Å². The van der Waals surface area contributed by atoms with Crippen LogP contribution in [-0.4, -0.2) is 23.6 Å². The van der Waals surface area contributed by atoms with Gasteiger partial charge in [0.25, 0.3) is 5.69 Å². The van der Waals surface area contributed by atoms with Gasteiger partial charge in [-0.3, -0.25) is 10.1 Å². The summed E-state index contributed by atoms with van der Waals surface area (Å²) in [4.78, 5) is 16.8. The number of para-hydroxylation sites is 1. The monoisotopic (exact) mass is 328 g/mol. The van der Waals surface area contributed by atoms with Gasteiger partial charge in [-0.15, -0.1) is 5.06 Å².